The Balaban J connectivity index is 1.28. The monoisotopic (exact) mass is 817 g/mol. The van der Waals surface area contributed by atoms with Crippen LogP contribution in [0.4, 0.5) is 4.79 Å². The maximum absolute atomic E-state index is 13.8. The summed E-state index contributed by atoms with van der Waals surface area (Å²) in [6.45, 7) is 8.94. The van der Waals surface area contributed by atoms with Gasteiger partial charge < -0.3 is 43.4 Å². The van der Waals surface area contributed by atoms with Gasteiger partial charge >= 0.3 is 6.09 Å². The zero-order valence-electron chi connectivity index (χ0n) is 31.6. The van der Waals surface area contributed by atoms with Gasteiger partial charge in [-0.3, -0.25) is 9.59 Å². The van der Waals surface area contributed by atoms with Crippen LogP contribution in [0, 0.1) is 11.8 Å². The number of imide groups is 1. The molecule has 2 amide bonds. The smallest absolute Gasteiger partial charge is 0.417 e. The third kappa shape index (κ3) is 9.48. The van der Waals surface area contributed by atoms with Gasteiger partial charge in [-0.2, -0.15) is 0 Å². The van der Waals surface area contributed by atoms with E-state index in [0.29, 0.717) is 0 Å². The molecule has 3 aliphatic heterocycles. The first-order chi connectivity index (χ1) is 25.7. The highest BCUT2D eigenvalue weighted by atomic mass is 79.9. The van der Waals surface area contributed by atoms with Gasteiger partial charge in [-0.1, -0.05) is 81.4 Å². The predicted molar refractivity (Wildman–Crippen MR) is 199 cm³/mol. The topological polar surface area (TPSA) is 160 Å². The van der Waals surface area contributed by atoms with Crippen LogP contribution in [0.3, 0.4) is 0 Å². The number of carbonyl (C=O) groups is 3. The number of hydrogen-bond acceptors (Lipinski definition) is 12. The fraction of sp³-hybridized carbons (Fsp3) is 0.575. The number of amides is 2. The van der Waals surface area contributed by atoms with Crippen molar-refractivity contribution >= 4 is 33.7 Å². The molecule has 0 saturated carbocycles. The molecular weight excluding hydrogens is 766 g/mol. The second-order valence-corrected chi connectivity index (χ2v) is 15.7. The summed E-state index contributed by atoms with van der Waals surface area (Å²) in [4.78, 5) is 40.9. The van der Waals surface area contributed by atoms with E-state index in [2.05, 4.69) is 15.9 Å². The Morgan fingerprint density at radius 2 is 1.52 bits per heavy atom. The second kappa shape index (κ2) is 18.3. The first-order valence-electron chi connectivity index (χ1n) is 18.3. The van der Waals surface area contributed by atoms with Crippen molar-refractivity contribution in [1.82, 2.24) is 4.90 Å². The van der Waals surface area contributed by atoms with E-state index in [0.717, 1.165) is 16.0 Å². The van der Waals surface area contributed by atoms with Crippen molar-refractivity contribution in [3.8, 4) is 0 Å². The van der Waals surface area contributed by atoms with Crippen molar-refractivity contribution < 1.29 is 57.8 Å². The number of hydrogen-bond donors (Lipinski definition) is 2. The van der Waals surface area contributed by atoms with Crippen LogP contribution in [0.2, 0.25) is 0 Å². The normalized spacial score (nSPS) is 30.3. The number of benzene rings is 2. The second-order valence-electron chi connectivity index (χ2n) is 14.8. The molecule has 13 nitrogen and oxygen atoms in total. The molecular formula is C40H52BrNO12. The number of ether oxygens (including phenoxy) is 7. The Hall–Kier alpha value is -3.05. The summed E-state index contributed by atoms with van der Waals surface area (Å²) in [6, 6.07) is 18.7. The van der Waals surface area contributed by atoms with E-state index < -0.39 is 77.9 Å². The van der Waals surface area contributed by atoms with E-state index >= 15 is 0 Å². The van der Waals surface area contributed by atoms with Gasteiger partial charge in [0, 0.05) is 20.1 Å². The van der Waals surface area contributed by atoms with Gasteiger partial charge in [0.05, 0.1) is 36.3 Å². The lowest BCUT2D eigenvalue weighted by Crippen LogP contribution is -2.61. The molecule has 2 saturated heterocycles. The van der Waals surface area contributed by atoms with Crippen molar-refractivity contribution in [3.05, 3.63) is 82.3 Å². The number of aliphatic hydroxyl groups is 2. The Kier molecular flexibility index (Phi) is 14.2. The van der Waals surface area contributed by atoms with Crippen LogP contribution in [0.5, 0.6) is 0 Å². The van der Waals surface area contributed by atoms with Gasteiger partial charge in [0.2, 0.25) is 5.91 Å². The first-order valence-corrected chi connectivity index (χ1v) is 19.1. The van der Waals surface area contributed by atoms with E-state index in [4.69, 9.17) is 33.2 Å². The Morgan fingerprint density at radius 1 is 0.926 bits per heavy atom. The molecule has 3 heterocycles. The summed E-state index contributed by atoms with van der Waals surface area (Å²) in [5, 5.41) is 22.0. The van der Waals surface area contributed by atoms with Gasteiger partial charge in [0.15, 0.2) is 17.9 Å². The molecule has 296 valence electrons. The van der Waals surface area contributed by atoms with Crippen LogP contribution in [0.1, 0.15) is 58.6 Å². The SMILES string of the molecule is CO[C@H]1O[C@H](CO)[C@@H](OCc2ccccc2)[C@H](OCc2ccccc2)[C@@H]1OCCC[C@@]1(O)O[C@@H]([C@H](C)C(=O)N2C(=O)OC(C)(C)[C@@H]2C(C)C)C(=O)C=C1Br. The minimum absolute atomic E-state index is 0.0316. The molecule has 0 unspecified atom stereocenters. The maximum Gasteiger partial charge on any atom is 0.417 e. The van der Waals surface area contributed by atoms with Crippen molar-refractivity contribution in [3.63, 3.8) is 0 Å². The minimum atomic E-state index is -1.98. The lowest BCUT2D eigenvalue weighted by molar-refractivity contribution is -0.320. The predicted octanol–water partition coefficient (Wildman–Crippen LogP) is 5.04. The fourth-order valence-electron chi connectivity index (χ4n) is 7.45. The van der Waals surface area contributed by atoms with Gasteiger partial charge in [-0.05, 0) is 59.3 Å². The molecule has 2 aromatic carbocycles. The largest absolute Gasteiger partial charge is 0.441 e. The summed E-state index contributed by atoms with van der Waals surface area (Å²) in [7, 11) is 1.47. The summed E-state index contributed by atoms with van der Waals surface area (Å²) in [5.74, 6) is -4.37. The Bertz CT molecular complexity index is 1610. The molecule has 2 aromatic rings. The lowest BCUT2D eigenvalue weighted by Gasteiger charge is -2.45. The van der Waals surface area contributed by atoms with Crippen molar-refractivity contribution in [2.75, 3.05) is 20.3 Å². The average Bonchev–Trinajstić information content (AvgIpc) is 3.41. The molecule has 0 aromatic heterocycles. The molecule has 3 aliphatic rings. The van der Waals surface area contributed by atoms with Crippen LogP contribution in [-0.4, -0.2) is 107 Å². The molecule has 5 rings (SSSR count). The molecule has 0 radical (unpaired) electrons. The number of carbonyl (C=O) groups excluding carboxylic acids is 3. The third-order valence-corrected chi connectivity index (χ3v) is 10.9. The minimum Gasteiger partial charge on any atom is -0.441 e. The number of halogens is 1. The third-order valence-electron chi connectivity index (χ3n) is 10.0. The van der Waals surface area contributed by atoms with Gasteiger partial charge in [0.25, 0.3) is 0 Å². The summed E-state index contributed by atoms with van der Waals surface area (Å²) >= 11 is 3.30. The lowest BCUT2D eigenvalue weighted by atomic mass is 9.87. The highest BCUT2D eigenvalue weighted by Gasteiger charge is 2.55. The average molecular weight is 819 g/mol. The first kappa shape index (κ1) is 42.1. The number of ketones is 1. The maximum atomic E-state index is 13.8. The molecule has 0 aliphatic carbocycles. The molecule has 2 N–H and O–H groups in total. The summed E-state index contributed by atoms with van der Waals surface area (Å²) in [5.41, 5.74) is 0.929. The molecule has 14 heteroatoms. The van der Waals surface area contributed by atoms with E-state index in [1.165, 1.54) is 20.1 Å². The summed E-state index contributed by atoms with van der Waals surface area (Å²) in [6.07, 6.45) is -4.75. The van der Waals surface area contributed by atoms with Crippen LogP contribution in [0.25, 0.3) is 0 Å². The van der Waals surface area contributed by atoms with Gasteiger partial charge in [-0.25, -0.2) is 9.69 Å². The Labute approximate surface area is 324 Å². The van der Waals surface area contributed by atoms with Crippen LogP contribution in [-0.2, 0) is 56.0 Å². The molecule has 0 bridgehead atoms. The standard InChI is InChI=1S/C40H52BrNO12/c1-24(2)35-39(4,5)54-38(46)42(35)36(45)25(3)31-28(44)20-30(41)40(47,53-31)18-13-19-49-34-33(51-23-27-16-11-8-12-17-27)32(29(21-43)52-37(34)48-6)50-22-26-14-9-7-10-15-26/h7-12,14-17,20,24-25,29,31-35,37,43,47H,13,18-19,21-23H2,1-6H3/t25-,29+,31-,32+,33-,34-,35-,37-,40+/m0/s1. The molecule has 9 atom stereocenters. The zero-order valence-corrected chi connectivity index (χ0v) is 33.2. The molecule has 0 spiro atoms. The Morgan fingerprint density at radius 3 is 2.07 bits per heavy atom. The number of nitrogens with zero attached hydrogens (tertiary/aromatic N) is 1. The van der Waals surface area contributed by atoms with Crippen LogP contribution >= 0.6 is 15.9 Å². The van der Waals surface area contributed by atoms with Gasteiger partial charge in [-0.15, -0.1) is 0 Å². The van der Waals surface area contributed by atoms with Crippen molar-refractivity contribution in [2.45, 2.75) is 115 Å². The molecule has 54 heavy (non-hydrogen) atoms. The fourth-order valence-corrected chi connectivity index (χ4v) is 7.97. The quantitative estimate of drug-likeness (QED) is 0.218. The van der Waals surface area contributed by atoms with E-state index in [9.17, 15) is 24.6 Å². The number of rotatable bonds is 16. The number of methoxy groups -OCH3 is 1. The highest BCUT2D eigenvalue weighted by Crippen LogP contribution is 2.39. The van der Waals surface area contributed by atoms with Crippen molar-refractivity contribution in [1.29, 1.82) is 0 Å². The summed E-state index contributed by atoms with van der Waals surface area (Å²) < 4.78 is 42.6. The van der Waals surface area contributed by atoms with Crippen LogP contribution in [0.15, 0.2) is 71.2 Å². The highest BCUT2D eigenvalue weighted by molar-refractivity contribution is 9.11. The van der Waals surface area contributed by atoms with Crippen molar-refractivity contribution in [2.24, 2.45) is 11.8 Å². The van der Waals surface area contributed by atoms with E-state index in [1.807, 2.05) is 74.5 Å². The number of cyclic esters (lactones) is 1. The molecule has 2 fully saturated rings. The van der Waals surface area contributed by atoms with E-state index in [1.54, 1.807) is 13.8 Å². The number of aliphatic hydroxyl groups excluding tert-OH is 1. The zero-order chi connectivity index (χ0) is 39.2. The van der Waals surface area contributed by atoms with Crippen LogP contribution < -0.4 is 0 Å². The van der Waals surface area contributed by atoms with Gasteiger partial charge in [0.1, 0.15) is 36.1 Å². The van der Waals surface area contributed by atoms with E-state index in [-0.39, 0.29) is 49.7 Å².